The number of nitrogens with one attached hydrogen (secondary N) is 1. The highest BCUT2D eigenvalue weighted by Gasteiger charge is 2.14. The minimum atomic E-state index is -0.188. The molecular formula is C17H20FN. The maximum atomic E-state index is 13.1. The molecule has 1 nitrogen and oxygen atoms in total. The van der Waals surface area contributed by atoms with E-state index in [1.54, 1.807) is 0 Å². The maximum Gasteiger partial charge on any atom is 0.123 e. The van der Waals surface area contributed by atoms with E-state index in [9.17, 15) is 4.39 Å². The molecule has 0 fully saturated rings. The molecule has 100 valence electrons. The molecule has 0 radical (unpaired) electrons. The first-order valence-corrected chi connectivity index (χ1v) is 6.70. The topological polar surface area (TPSA) is 12.0 Å². The normalized spacial score (nSPS) is 12.6. The summed E-state index contributed by atoms with van der Waals surface area (Å²) < 4.78 is 13.1. The zero-order valence-electron chi connectivity index (χ0n) is 11.4. The van der Waals surface area contributed by atoms with Gasteiger partial charge in [-0.1, -0.05) is 56.3 Å². The van der Waals surface area contributed by atoms with Crippen LogP contribution in [0.15, 0.2) is 54.6 Å². The van der Waals surface area contributed by atoms with Gasteiger partial charge in [0.2, 0.25) is 0 Å². The third kappa shape index (κ3) is 3.90. The molecular weight excluding hydrogens is 237 g/mol. The maximum absolute atomic E-state index is 13.1. The van der Waals surface area contributed by atoms with Gasteiger partial charge in [0.05, 0.1) is 0 Å². The van der Waals surface area contributed by atoms with Crippen LogP contribution in [-0.4, -0.2) is 12.6 Å². The molecule has 0 aliphatic rings. The van der Waals surface area contributed by atoms with Gasteiger partial charge in [-0.15, -0.1) is 0 Å². The summed E-state index contributed by atoms with van der Waals surface area (Å²) >= 11 is 0. The molecule has 19 heavy (non-hydrogen) atoms. The van der Waals surface area contributed by atoms with Crippen molar-refractivity contribution in [3.05, 3.63) is 71.5 Å². The largest absolute Gasteiger partial charge is 0.314 e. The highest BCUT2D eigenvalue weighted by molar-refractivity contribution is 5.33. The van der Waals surface area contributed by atoms with Crippen LogP contribution in [-0.2, 0) is 0 Å². The summed E-state index contributed by atoms with van der Waals surface area (Å²) in [5.74, 6) is 0.0663. The summed E-state index contributed by atoms with van der Waals surface area (Å²) in [6, 6.07) is 17.6. The van der Waals surface area contributed by atoms with Gasteiger partial charge in [-0.25, -0.2) is 4.39 Å². The van der Waals surface area contributed by atoms with Crippen LogP contribution in [0.25, 0.3) is 0 Å². The molecule has 2 heteroatoms. The fourth-order valence-corrected chi connectivity index (χ4v) is 2.16. The molecule has 2 rings (SSSR count). The van der Waals surface area contributed by atoms with Crippen molar-refractivity contribution in [3.63, 3.8) is 0 Å². The van der Waals surface area contributed by atoms with Gasteiger partial charge in [0.1, 0.15) is 5.82 Å². The van der Waals surface area contributed by atoms with Crippen LogP contribution in [0.3, 0.4) is 0 Å². The zero-order chi connectivity index (χ0) is 13.7. The molecule has 0 saturated heterocycles. The van der Waals surface area contributed by atoms with Gasteiger partial charge in [0, 0.05) is 18.5 Å². The summed E-state index contributed by atoms with van der Waals surface area (Å²) in [6.45, 7) is 5.12. The molecule has 0 bridgehead atoms. The molecule has 0 aliphatic heterocycles. The second-order valence-corrected chi connectivity index (χ2v) is 5.08. The Morgan fingerprint density at radius 1 is 0.895 bits per heavy atom. The van der Waals surface area contributed by atoms with Crippen LogP contribution < -0.4 is 5.32 Å². The Bertz CT molecular complexity index is 490. The molecule has 1 atom stereocenters. The fraction of sp³-hybridized carbons (Fsp3) is 0.294. The van der Waals surface area contributed by atoms with E-state index in [-0.39, 0.29) is 11.7 Å². The van der Waals surface area contributed by atoms with Crippen molar-refractivity contribution in [1.29, 1.82) is 0 Å². The number of rotatable bonds is 5. The molecule has 2 aromatic rings. The summed E-state index contributed by atoms with van der Waals surface area (Å²) in [5.41, 5.74) is 2.39. The van der Waals surface area contributed by atoms with Gasteiger partial charge in [0.15, 0.2) is 0 Å². The van der Waals surface area contributed by atoms with E-state index in [4.69, 9.17) is 0 Å². The van der Waals surface area contributed by atoms with Crippen molar-refractivity contribution in [2.75, 3.05) is 6.54 Å². The zero-order valence-corrected chi connectivity index (χ0v) is 11.4. The SMILES string of the molecule is CC(C)NCC(c1ccccc1)c1ccc(F)cc1. The van der Waals surface area contributed by atoms with Crippen LogP contribution in [0.5, 0.6) is 0 Å². The van der Waals surface area contributed by atoms with E-state index in [2.05, 4.69) is 31.3 Å². The van der Waals surface area contributed by atoms with Gasteiger partial charge in [-0.2, -0.15) is 0 Å². The van der Waals surface area contributed by atoms with Crippen molar-refractivity contribution < 1.29 is 4.39 Å². The Balaban J connectivity index is 2.26. The predicted molar refractivity (Wildman–Crippen MR) is 77.8 cm³/mol. The standard InChI is InChI=1S/C17H20FN/c1-13(2)19-12-17(14-6-4-3-5-7-14)15-8-10-16(18)11-9-15/h3-11,13,17,19H,12H2,1-2H3. The van der Waals surface area contributed by atoms with Gasteiger partial charge in [0.25, 0.3) is 0 Å². The Labute approximate surface area is 114 Å². The number of halogens is 1. The van der Waals surface area contributed by atoms with E-state index in [0.29, 0.717) is 6.04 Å². The fourth-order valence-electron chi connectivity index (χ4n) is 2.16. The number of hydrogen-bond acceptors (Lipinski definition) is 1. The average Bonchev–Trinajstić information content (AvgIpc) is 2.42. The number of hydrogen-bond donors (Lipinski definition) is 1. The molecule has 0 amide bonds. The second-order valence-electron chi connectivity index (χ2n) is 5.08. The van der Waals surface area contributed by atoms with E-state index in [1.807, 2.05) is 30.3 Å². The predicted octanol–water partition coefficient (Wildman–Crippen LogP) is 3.96. The molecule has 0 heterocycles. The monoisotopic (exact) mass is 257 g/mol. The lowest BCUT2D eigenvalue weighted by Crippen LogP contribution is -2.28. The van der Waals surface area contributed by atoms with Crippen molar-refractivity contribution in [3.8, 4) is 0 Å². The van der Waals surface area contributed by atoms with Crippen LogP contribution in [0.1, 0.15) is 30.9 Å². The smallest absolute Gasteiger partial charge is 0.123 e. The molecule has 0 saturated carbocycles. The highest BCUT2D eigenvalue weighted by Crippen LogP contribution is 2.24. The van der Waals surface area contributed by atoms with Crippen LogP contribution in [0.4, 0.5) is 4.39 Å². The second kappa shape index (κ2) is 6.48. The van der Waals surface area contributed by atoms with Crippen molar-refractivity contribution >= 4 is 0 Å². The Hall–Kier alpha value is -1.67. The average molecular weight is 257 g/mol. The first-order valence-electron chi connectivity index (χ1n) is 6.70. The van der Waals surface area contributed by atoms with Gasteiger partial charge in [-0.3, -0.25) is 0 Å². The third-order valence-electron chi connectivity index (χ3n) is 3.20. The molecule has 0 aliphatic carbocycles. The lowest BCUT2D eigenvalue weighted by atomic mass is 9.91. The highest BCUT2D eigenvalue weighted by atomic mass is 19.1. The summed E-state index contributed by atoms with van der Waals surface area (Å²) in [4.78, 5) is 0. The Morgan fingerprint density at radius 3 is 2.05 bits per heavy atom. The molecule has 0 spiro atoms. The quantitative estimate of drug-likeness (QED) is 0.855. The van der Waals surface area contributed by atoms with Crippen LogP contribution in [0.2, 0.25) is 0 Å². The molecule has 1 N–H and O–H groups in total. The minimum Gasteiger partial charge on any atom is -0.314 e. The van der Waals surface area contributed by atoms with E-state index in [0.717, 1.165) is 12.1 Å². The van der Waals surface area contributed by atoms with Crippen LogP contribution >= 0.6 is 0 Å². The van der Waals surface area contributed by atoms with E-state index in [1.165, 1.54) is 17.7 Å². The van der Waals surface area contributed by atoms with Crippen LogP contribution in [0, 0.1) is 5.82 Å². The van der Waals surface area contributed by atoms with Crippen molar-refractivity contribution in [2.45, 2.75) is 25.8 Å². The van der Waals surface area contributed by atoms with Gasteiger partial charge >= 0.3 is 0 Å². The lowest BCUT2D eigenvalue weighted by molar-refractivity contribution is 0.560. The van der Waals surface area contributed by atoms with E-state index < -0.39 is 0 Å². The summed E-state index contributed by atoms with van der Waals surface area (Å²) in [5, 5.41) is 3.46. The van der Waals surface area contributed by atoms with E-state index >= 15 is 0 Å². The first kappa shape index (κ1) is 13.8. The third-order valence-corrected chi connectivity index (χ3v) is 3.20. The molecule has 2 aromatic carbocycles. The first-order chi connectivity index (χ1) is 9.16. The lowest BCUT2D eigenvalue weighted by Gasteiger charge is -2.20. The summed E-state index contributed by atoms with van der Waals surface area (Å²) in [7, 11) is 0. The Kier molecular flexibility index (Phi) is 4.69. The van der Waals surface area contributed by atoms with Gasteiger partial charge < -0.3 is 5.32 Å². The molecule has 1 unspecified atom stereocenters. The summed E-state index contributed by atoms with van der Waals surface area (Å²) in [6.07, 6.45) is 0. The Morgan fingerprint density at radius 2 is 1.47 bits per heavy atom. The molecule has 0 aromatic heterocycles. The van der Waals surface area contributed by atoms with Gasteiger partial charge in [-0.05, 0) is 23.3 Å². The van der Waals surface area contributed by atoms with Crippen molar-refractivity contribution in [1.82, 2.24) is 5.32 Å². The van der Waals surface area contributed by atoms with Crippen molar-refractivity contribution in [2.24, 2.45) is 0 Å². The minimum absolute atomic E-state index is 0.188. The number of benzene rings is 2.